The highest BCUT2D eigenvalue weighted by atomic mass is 28.3. The molecule has 2 rings (SSSR count). The Morgan fingerprint density at radius 3 is 2.65 bits per heavy atom. The number of ether oxygens (including phenoxy) is 2. The maximum absolute atomic E-state index is 13.3. The SMILES string of the molecule is CC(C)(C)OC(=O)N[C@@H](C[C@@H]1CCNC1=O)C(=O)c1cncn1COCC[Si](C)(C)C. The summed E-state index contributed by atoms with van der Waals surface area (Å²) < 4.78 is 12.7. The van der Waals surface area contributed by atoms with Gasteiger partial charge in [-0.1, -0.05) is 19.6 Å². The van der Waals surface area contributed by atoms with Gasteiger partial charge < -0.3 is 24.7 Å². The van der Waals surface area contributed by atoms with E-state index in [9.17, 15) is 14.4 Å². The van der Waals surface area contributed by atoms with Crippen molar-refractivity contribution in [2.24, 2.45) is 5.92 Å². The average molecular weight is 453 g/mol. The molecule has 0 bridgehead atoms. The molecule has 1 aliphatic heterocycles. The molecular formula is C21H36N4O5Si. The second-order valence-electron chi connectivity index (χ2n) is 10.2. The van der Waals surface area contributed by atoms with E-state index in [0.717, 1.165) is 6.04 Å². The Kier molecular flexibility index (Phi) is 8.41. The van der Waals surface area contributed by atoms with E-state index in [0.29, 0.717) is 25.3 Å². The summed E-state index contributed by atoms with van der Waals surface area (Å²) >= 11 is 0. The van der Waals surface area contributed by atoms with Crippen LogP contribution in [-0.2, 0) is 21.0 Å². The fraction of sp³-hybridized carbons (Fsp3) is 0.714. The number of hydrogen-bond donors (Lipinski definition) is 2. The summed E-state index contributed by atoms with van der Waals surface area (Å²) in [7, 11) is -1.21. The van der Waals surface area contributed by atoms with Crippen molar-refractivity contribution in [1.29, 1.82) is 0 Å². The largest absolute Gasteiger partial charge is 0.444 e. The van der Waals surface area contributed by atoms with Gasteiger partial charge in [0.2, 0.25) is 11.7 Å². The summed E-state index contributed by atoms with van der Waals surface area (Å²) in [4.78, 5) is 41.8. The molecule has 2 amide bonds. The third-order valence-electron chi connectivity index (χ3n) is 4.88. The minimum absolute atomic E-state index is 0.105. The first-order valence-electron chi connectivity index (χ1n) is 10.7. The van der Waals surface area contributed by atoms with E-state index in [1.165, 1.54) is 12.5 Å². The molecule has 1 fully saturated rings. The molecule has 1 aliphatic rings. The summed E-state index contributed by atoms with van der Waals surface area (Å²) in [6.07, 6.45) is 3.13. The lowest BCUT2D eigenvalue weighted by Crippen LogP contribution is -2.45. The van der Waals surface area contributed by atoms with Crippen molar-refractivity contribution in [2.75, 3.05) is 13.2 Å². The minimum atomic E-state index is -1.21. The standard InChI is InChI=1S/C21H36N4O5Si/c1-21(2,3)30-20(28)24-16(11-15-7-8-23-19(15)27)18(26)17-12-22-13-25(17)14-29-9-10-31(4,5)6/h12-13,15-16H,7-11,14H2,1-6H3,(H,23,27)(H,24,28)/t15-,16-/m0/s1. The van der Waals surface area contributed by atoms with E-state index in [4.69, 9.17) is 9.47 Å². The van der Waals surface area contributed by atoms with Gasteiger partial charge in [0.05, 0.1) is 18.6 Å². The maximum Gasteiger partial charge on any atom is 0.408 e. The van der Waals surface area contributed by atoms with Crippen LogP contribution in [0.1, 0.15) is 44.1 Å². The van der Waals surface area contributed by atoms with Gasteiger partial charge in [-0.25, -0.2) is 9.78 Å². The number of Topliss-reactive ketones (excluding diaryl/α,β-unsaturated/α-hetero) is 1. The Hall–Kier alpha value is -2.20. The van der Waals surface area contributed by atoms with E-state index in [-0.39, 0.29) is 30.8 Å². The van der Waals surface area contributed by atoms with E-state index in [2.05, 4.69) is 35.3 Å². The van der Waals surface area contributed by atoms with Crippen LogP contribution in [0.4, 0.5) is 4.79 Å². The maximum atomic E-state index is 13.3. The molecule has 0 aromatic carbocycles. The van der Waals surface area contributed by atoms with Crippen LogP contribution in [0.3, 0.4) is 0 Å². The molecule has 31 heavy (non-hydrogen) atoms. The van der Waals surface area contributed by atoms with E-state index < -0.39 is 25.8 Å². The van der Waals surface area contributed by atoms with Crippen LogP contribution in [0.15, 0.2) is 12.5 Å². The van der Waals surface area contributed by atoms with Crippen LogP contribution in [0.5, 0.6) is 0 Å². The van der Waals surface area contributed by atoms with Crippen LogP contribution in [0.2, 0.25) is 25.7 Å². The molecule has 0 saturated carbocycles. The normalized spacial score (nSPS) is 17.9. The Bertz CT molecular complexity index is 781. The van der Waals surface area contributed by atoms with E-state index in [1.54, 1.807) is 25.3 Å². The molecule has 0 aliphatic carbocycles. The number of amides is 2. The van der Waals surface area contributed by atoms with Gasteiger partial charge in [0, 0.05) is 27.1 Å². The van der Waals surface area contributed by atoms with Gasteiger partial charge in [0.15, 0.2) is 0 Å². The summed E-state index contributed by atoms with van der Waals surface area (Å²) in [5, 5.41) is 5.43. The number of imidazole rings is 1. The van der Waals surface area contributed by atoms with Crippen molar-refractivity contribution in [2.45, 2.75) is 77.7 Å². The summed E-state index contributed by atoms with van der Waals surface area (Å²) in [5.41, 5.74) is -0.374. The highest BCUT2D eigenvalue weighted by Crippen LogP contribution is 2.19. The zero-order valence-corrected chi connectivity index (χ0v) is 20.5. The predicted octanol–water partition coefficient (Wildman–Crippen LogP) is 2.80. The molecule has 0 radical (unpaired) electrons. The van der Waals surface area contributed by atoms with Gasteiger partial charge in [-0.15, -0.1) is 0 Å². The van der Waals surface area contributed by atoms with Crippen molar-refractivity contribution >= 4 is 25.9 Å². The average Bonchev–Trinajstić information content (AvgIpc) is 3.24. The van der Waals surface area contributed by atoms with Gasteiger partial charge in [-0.2, -0.15) is 0 Å². The number of aromatic nitrogens is 2. The zero-order chi connectivity index (χ0) is 23.2. The first kappa shape index (κ1) is 25.1. The molecule has 1 aromatic rings. The van der Waals surface area contributed by atoms with Crippen LogP contribution >= 0.6 is 0 Å². The summed E-state index contributed by atoms with van der Waals surface area (Å²) in [6.45, 7) is 13.5. The molecule has 9 nitrogen and oxygen atoms in total. The van der Waals surface area contributed by atoms with Crippen molar-refractivity contribution < 1.29 is 23.9 Å². The molecular weight excluding hydrogens is 416 g/mol. The van der Waals surface area contributed by atoms with Crippen molar-refractivity contribution in [1.82, 2.24) is 20.2 Å². The monoisotopic (exact) mass is 452 g/mol. The van der Waals surface area contributed by atoms with Gasteiger partial charge in [-0.05, 0) is 39.7 Å². The molecule has 10 heteroatoms. The Morgan fingerprint density at radius 1 is 1.35 bits per heavy atom. The first-order valence-corrected chi connectivity index (χ1v) is 14.5. The van der Waals surface area contributed by atoms with E-state index in [1.807, 2.05) is 0 Å². The number of ketones is 1. The molecule has 2 N–H and O–H groups in total. The lowest BCUT2D eigenvalue weighted by Gasteiger charge is -2.24. The summed E-state index contributed by atoms with van der Waals surface area (Å²) in [6, 6.07) is 0.117. The Labute approximate surface area is 185 Å². The molecule has 2 heterocycles. The van der Waals surface area contributed by atoms with Crippen LogP contribution in [0, 0.1) is 5.92 Å². The predicted molar refractivity (Wildman–Crippen MR) is 120 cm³/mol. The zero-order valence-electron chi connectivity index (χ0n) is 19.5. The lowest BCUT2D eigenvalue weighted by atomic mass is 9.95. The van der Waals surface area contributed by atoms with Crippen LogP contribution < -0.4 is 10.6 Å². The third kappa shape index (κ3) is 8.45. The van der Waals surface area contributed by atoms with E-state index >= 15 is 0 Å². The van der Waals surface area contributed by atoms with Crippen molar-refractivity contribution in [3.05, 3.63) is 18.2 Å². The second kappa shape index (κ2) is 10.4. The highest BCUT2D eigenvalue weighted by Gasteiger charge is 2.34. The van der Waals surface area contributed by atoms with Gasteiger partial charge in [0.25, 0.3) is 0 Å². The summed E-state index contributed by atoms with van der Waals surface area (Å²) in [5.74, 6) is -0.767. The van der Waals surface area contributed by atoms with Crippen molar-refractivity contribution in [3.63, 3.8) is 0 Å². The van der Waals surface area contributed by atoms with Gasteiger partial charge >= 0.3 is 6.09 Å². The molecule has 174 valence electrons. The quantitative estimate of drug-likeness (QED) is 0.321. The Balaban J connectivity index is 2.10. The topological polar surface area (TPSA) is 112 Å². The molecule has 1 aromatic heterocycles. The van der Waals surface area contributed by atoms with Gasteiger partial charge in [0.1, 0.15) is 18.0 Å². The number of nitrogens with zero attached hydrogens (tertiary/aromatic N) is 2. The molecule has 0 unspecified atom stereocenters. The molecule has 2 atom stereocenters. The fourth-order valence-corrected chi connectivity index (χ4v) is 3.94. The first-order chi connectivity index (χ1) is 14.4. The Morgan fingerprint density at radius 2 is 2.06 bits per heavy atom. The number of hydrogen-bond acceptors (Lipinski definition) is 6. The number of rotatable bonds is 10. The minimum Gasteiger partial charge on any atom is -0.444 e. The number of alkyl carbamates (subject to hydrolysis) is 1. The molecule has 1 saturated heterocycles. The smallest absolute Gasteiger partial charge is 0.408 e. The number of carbonyl (C=O) groups excluding carboxylic acids is 3. The van der Waals surface area contributed by atoms with Gasteiger partial charge in [-0.3, -0.25) is 9.59 Å². The second-order valence-corrected chi connectivity index (χ2v) is 15.8. The fourth-order valence-electron chi connectivity index (χ4n) is 3.18. The highest BCUT2D eigenvalue weighted by molar-refractivity contribution is 6.76. The lowest BCUT2D eigenvalue weighted by molar-refractivity contribution is -0.122. The van der Waals surface area contributed by atoms with Crippen molar-refractivity contribution in [3.8, 4) is 0 Å². The van der Waals surface area contributed by atoms with Crippen LogP contribution in [-0.4, -0.2) is 60.2 Å². The number of carbonyl (C=O) groups is 3. The third-order valence-corrected chi connectivity index (χ3v) is 6.59. The van der Waals surface area contributed by atoms with Crippen LogP contribution in [0.25, 0.3) is 0 Å². The molecule has 0 spiro atoms. The number of nitrogens with one attached hydrogen (secondary N) is 2.